The quantitative estimate of drug-likeness (QED) is 0.167. The van der Waals surface area contributed by atoms with Crippen molar-refractivity contribution in [3.8, 4) is 67.5 Å². The van der Waals surface area contributed by atoms with E-state index in [2.05, 4.69) is 162 Å². The number of rotatable bonds is 7. The lowest BCUT2D eigenvalue weighted by molar-refractivity contribution is 0.891. The number of fused-ring (bicyclic) bond motifs is 3. The van der Waals surface area contributed by atoms with E-state index >= 15 is 0 Å². The molecule has 0 atom stereocenters. The largest absolute Gasteiger partial charge is 0.309 e. The predicted octanol–water partition coefficient (Wildman–Crippen LogP) is 12.7. The molecule has 10 aromatic rings. The highest BCUT2D eigenvalue weighted by Crippen LogP contribution is 2.41. The van der Waals surface area contributed by atoms with Crippen LogP contribution in [0.3, 0.4) is 0 Å². The Morgan fingerprint density at radius 1 is 0.333 bits per heavy atom. The summed E-state index contributed by atoms with van der Waals surface area (Å²) in [5.41, 5.74) is 13.6. The Morgan fingerprint density at radius 3 is 1.54 bits per heavy atom. The van der Waals surface area contributed by atoms with E-state index in [1.54, 1.807) is 0 Å². The van der Waals surface area contributed by atoms with Gasteiger partial charge in [0.2, 0.25) is 0 Å². The van der Waals surface area contributed by atoms with Crippen LogP contribution in [0.25, 0.3) is 89.3 Å². The second kappa shape index (κ2) is 13.4. The maximum absolute atomic E-state index is 5.00. The second-order valence-corrected chi connectivity index (χ2v) is 13.5. The van der Waals surface area contributed by atoms with Gasteiger partial charge in [0, 0.05) is 27.6 Å². The summed E-state index contributed by atoms with van der Waals surface area (Å²) in [6.07, 6.45) is 0. The van der Waals surface area contributed by atoms with Crippen molar-refractivity contribution in [1.29, 1.82) is 0 Å². The number of benzene rings is 8. The molecular weight excluding hydrogens is 657 g/mol. The van der Waals surface area contributed by atoms with Gasteiger partial charge in [-0.05, 0) is 75.8 Å². The average molecular weight is 691 g/mol. The van der Waals surface area contributed by atoms with Crippen molar-refractivity contribution in [2.24, 2.45) is 0 Å². The smallest absolute Gasteiger partial charge is 0.182 e. The summed E-state index contributed by atoms with van der Waals surface area (Å²) in [4.78, 5) is 5.00. The van der Waals surface area contributed by atoms with Crippen molar-refractivity contribution in [2.45, 2.75) is 0 Å². The molecule has 0 aliphatic heterocycles. The van der Waals surface area contributed by atoms with Gasteiger partial charge in [-0.2, -0.15) is 0 Å². The first-order chi connectivity index (χ1) is 26.8. The van der Waals surface area contributed by atoms with Crippen molar-refractivity contribution in [1.82, 2.24) is 19.3 Å². The minimum absolute atomic E-state index is 0.697. The van der Waals surface area contributed by atoms with Gasteiger partial charge in [0.25, 0.3) is 0 Å². The predicted molar refractivity (Wildman–Crippen MR) is 223 cm³/mol. The Labute approximate surface area is 313 Å². The number of nitrogens with zero attached hydrogens (tertiary/aromatic N) is 4. The van der Waals surface area contributed by atoms with E-state index in [1.807, 2.05) is 53.2 Å². The van der Waals surface area contributed by atoms with Gasteiger partial charge >= 0.3 is 0 Å². The first kappa shape index (κ1) is 31.4. The van der Waals surface area contributed by atoms with Crippen LogP contribution in [0.4, 0.5) is 0 Å². The minimum atomic E-state index is 0.697. The van der Waals surface area contributed by atoms with E-state index in [-0.39, 0.29) is 0 Å². The highest BCUT2D eigenvalue weighted by molar-refractivity contribution is 6.11. The summed E-state index contributed by atoms with van der Waals surface area (Å²) in [5, 5.41) is 7.49. The molecule has 0 N–H and O–H groups in total. The Hall–Kier alpha value is -7.30. The fraction of sp³-hybridized carbons (Fsp3) is 0. The number of hydrogen-bond acceptors (Lipinski definition) is 2. The van der Waals surface area contributed by atoms with Gasteiger partial charge in [-0.15, -0.1) is 5.10 Å². The Morgan fingerprint density at radius 2 is 0.852 bits per heavy atom. The fourth-order valence-electron chi connectivity index (χ4n) is 7.69. The molecule has 2 heterocycles. The SMILES string of the molecule is c1ccc(-c2nc(-c3ccccc3)n(-c3ccc(-c4ccccc4-c4ccccc4-c4ccc5c(c4)c4ccccc4n5-c4ccccc4)cc3)n2)cc1. The van der Waals surface area contributed by atoms with E-state index in [9.17, 15) is 0 Å². The van der Waals surface area contributed by atoms with Crippen molar-refractivity contribution in [3.63, 3.8) is 0 Å². The van der Waals surface area contributed by atoms with E-state index < -0.39 is 0 Å². The van der Waals surface area contributed by atoms with Crippen molar-refractivity contribution >= 4 is 21.8 Å². The molecular formula is C50H34N4. The van der Waals surface area contributed by atoms with E-state index in [1.165, 1.54) is 49.6 Å². The zero-order valence-corrected chi connectivity index (χ0v) is 29.4. The third kappa shape index (κ3) is 5.49. The molecule has 0 saturated carbocycles. The van der Waals surface area contributed by atoms with Crippen LogP contribution in [0, 0.1) is 0 Å². The summed E-state index contributed by atoms with van der Waals surface area (Å²) in [7, 11) is 0. The molecule has 0 saturated heterocycles. The third-order valence-electron chi connectivity index (χ3n) is 10.2. The number of aromatic nitrogens is 4. The van der Waals surface area contributed by atoms with Crippen LogP contribution >= 0.6 is 0 Å². The van der Waals surface area contributed by atoms with E-state index in [4.69, 9.17) is 10.1 Å². The summed E-state index contributed by atoms with van der Waals surface area (Å²) in [6.45, 7) is 0. The molecule has 0 aliphatic rings. The summed E-state index contributed by atoms with van der Waals surface area (Å²) < 4.78 is 4.32. The molecule has 0 fully saturated rings. The van der Waals surface area contributed by atoms with Crippen LogP contribution in [-0.2, 0) is 0 Å². The zero-order valence-electron chi connectivity index (χ0n) is 29.4. The van der Waals surface area contributed by atoms with Crippen LogP contribution in [0.15, 0.2) is 206 Å². The lowest BCUT2D eigenvalue weighted by Crippen LogP contribution is -1.99. The van der Waals surface area contributed by atoms with Crippen LogP contribution < -0.4 is 0 Å². The molecule has 4 heteroatoms. The molecule has 0 aliphatic carbocycles. The molecule has 8 aromatic carbocycles. The maximum atomic E-state index is 5.00. The fourth-order valence-corrected chi connectivity index (χ4v) is 7.69. The minimum Gasteiger partial charge on any atom is -0.309 e. The normalized spacial score (nSPS) is 11.3. The van der Waals surface area contributed by atoms with Gasteiger partial charge in [0.15, 0.2) is 11.6 Å². The lowest BCUT2D eigenvalue weighted by atomic mass is 9.89. The van der Waals surface area contributed by atoms with Crippen LogP contribution in [0.1, 0.15) is 0 Å². The molecule has 54 heavy (non-hydrogen) atoms. The molecule has 0 radical (unpaired) electrons. The number of para-hydroxylation sites is 2. The zero-order chi connectivity index (χ0) is 35.8. The van der Waals surface area contributed by atoms with Crippen LogP contribution in [0.5, 0.6) is 0 Å². The molecule has 4 nitrogen and oxygen atoms in total. The molecule has 2 aromatic heterocycles. The maximum Gasteiger partial charge on any atom is 0.182 e. The molecule has 254 valence electrons. The summed E-state index contributed by atoms with van der Waals surface area (Å²) in [5.74, 6) is 1.50. The Balaban J connectivity index is 1.06. The highest BCUT2D eigenvalue weighted by atomic mass is 15.4. The third-order valence-corrected chi connectivity index (χ3v) is 10.2. The molecule has 0 spiro atoms. The Bertz CT molecular complexity index is 2910. The molecule has 0 bridgehead atoms. The number of hydrogen-bond donors (Lipinski definition) is 0. The standard InChI is InChI=1S/C50H34N4/c1-4-16-36(17-5-1)49-51-50(37-18-6-2-7-19-37)54(52-49)40-31-28-35(29-32-40)41-22-10-12-24-43(41)44-25-13-11-23-42(44)38-30-33-48-46(34-38)45-26-14-15-27-47(45)53(48)39-20-8-3-9-21-39/h1-34H. The van der Waals surface area contributed by atoms with Crippen LogP contribution in [0.2, 0.25) is 0 Å². The van der Waals surface area contributed by atoms with Gasteiger partial charge in [0.05, 0.1) is 16.7 Å². The molecule has 0 amide bonds. The lowest BCUT2D eigenvalue weighted by Gasteiger charge is -2.15. The van der Waals surface area contributed by atoms with Gasteiger partial charge in [0.1, 0.15) is 0 Å². The monoisotopic (exact) mass is 690 g/mol. The van der Waals surface area contributed by atoms with Crippen LogP contribution in [-0.4, -0.2) is 19.3 Å². The first-order valence-electron chi connectivity index (χ1n) is 18.3. The second-order valence-electron chi connectivity index (χ2n) is 13.5. The Kier molecular flexibility index (Phi) is 7.77. The topological polar surface area (TPSA) is 35.6 Å². The van der Waals surface area contributed by atoms with E-state index in [0.717, 1.165) is 33.9 Å². The van der Waals surface area contributed by atoms with Gasteiger partial charge < -0.3 is 4.57 Å². The van der Waals surface area contributed by atoms with Gasteiger partial charge in [-0.3, -0.25) is 0 Å². The first-order valence-corrected chi connectivity index (χ1v) is 18.3. The summed E-state index contributed by atoms with van der Waals surface area (Å²) >= 11 is 0. The summed E-state index contributed by atoms with van der Waals surface area (Å²) in [6, 6.07) is 72.8. The van der Waals surface area contributed by atoms with Crippen molar-refractivity contribution < 1.29 is 0 Å². The van der Waals surface area contributed by atoms with Gasteiger partial charge in [-0.1, -0.05) is 164 Å². The average Bonchev–Trinajstić information content (AvgIpc) is 3.85. The van der Waals surface area contributed by atoms with Crippen molar-refractivity contribution in [3.05, 3.63) is 206 Å². The van der Waals surface area contributed by atoms with Gasteiger partial charge in [-0.25, -0.2) is 9.67 Å². The highest BCUT2D eigenvalue weighted by Gasteiger charge is 2.18. The van der Waals surface area contributed by atoms with Crippen molar-refractivity contribution in [2.75, 3.05) is 0 Å². The molecule has 0 unspecified atom stereocenters. The van der Waals surface area contributed by atoms with E-state index in [0.29, 0.717) is 5.82 Å². The molecule has 10 rings (SSSR count).